The zero-order valence-electron chi connectivity index (χ0n) is 8.09. The first-order valence-electron chi connectivity index (χ1n) is 4.74. The Bertz CT molecular complexity index is 211. The van der Waals surface area contributed by atoms with Crippen LogP contribution in [0.1, 0.15) is 25.7 Å². The molecule has 2 N–H and O–H groups in total. The lowest BCUT2D eigenvalue weighted by Crippen LogP contribution is -2.43. The Kier molecular flexibility index (Phi) is 3.42. The first-order chi connectivity index (χ1) is 6.46. The van der Waals surface area contributed by atoms with Crippen LogP contribution in [0.4, 0.5) is 8.78 Å². The van der Waals surface area contributed by atoms with Gasteiger partial charge < -0.3 is 10.4 Å². The van der Waals surface area contributed by atoms with E-state index in [1.54, 1.807) is 7.05 Å². The largest absolute Gasteiger partial charge is 0.480 e. The molecule has 14 heavy (non-hydrogen) atoms. The van der Waals surface area contributed by atoms with Gasteiger partial charge in [-0.25, -0.2) is 8.78 Å². The first-order valence-corrected chi connectivity index (χ1v) is 4.74. The Morgan fingerprint density at radius 2 is 2.00 bits per heavy atom. The van der Waals surface area contributed by atoms with Gasteiger partial charge in [0, 0.05) is 12.8 Å². The van der Waals surface area contributed by atoms with Crippen molar-refractivity contribution in [3.8, 4) is 0 Å². The molecule has 0 aromatic heterocycles. The Labute approximate surface area is 81.5 Å². The summed E-state index contributed by atoms with van der Waals surface area (Å²) in [6.07, 6.45) is 0.182. The van der Waals surface area contributed by atoms with Gasteiger partial charge in [-0.15, -0.1) is 0 Å². The smallest absolute Gasteiger partial charge is 0.320 e. The van der Waals surface area contributed by atoms with Gasteiger partial charge in [0.2, 0.25) is 5.92 Å². The number of nitrogens with one attached hydrogen (secondary N) is 1. The molecule has 1 atom stereocenters. The minimum absolute atomic E-state index is 0.169. The monoisotopic (exact) mass is 207 g/mol. The molecule has 1 fully saturated rings. The van der Waals surface area contributed by atoms with Crippen molar-refractivity contribution in [3.63, 3.8) is 0 Å². The van der Waals surface area contributed by atoms with Crippen LogP contribution >= 0.6 is 0 Å². The molecule has 1 aliphatic carbocycles. The van der Waals surface area contributed by atoms with E-state index in [1.807, 2.05) is 0 Å². The normalized spacial score (nSPS) is 24.5. The standard InChI is InChI=1S/C9H15F2NO2/c1-12-7(8(13)14)6-2-4-9(10,11)5-3-6/h6-7,12H,2-5H2,1H3,(H,13,14). The van der Waals surface area contributed by atoms with Crippen LogP contribution in [0.2, 0.25) is 0 Å². The van der Waals surface area contributed by atoms with Crippen LogP contribution in [-0.2, 0) is 4.79 Å². The molecule has 0 aromatic rings. The van der Waals surface area contributed by atoms with Gasteiger partial charge in [0.05, 0.1) is 0 Å². The summed E-state index contributed by atoms with van der Waals surface area (Å²) in [6, 6.07) is -0.689. The highest BCUT2D eigenvalue weighted by atomic mass is 19.3. The second-order valence-corrected chi connectivity index (χ2v) is 3.80. The summed E-state index contributed by atoms with van der Waals surface area (Å²) >= 11 is 0. The molecule has 0 aliphatic heterocycles. The molecule has 0 amide bonds. The molecule has 5 heteroatoms. The van der Waals surface area contributed by atoms with Gasteiger partial charge in [0.1, 0.15) is 6.04 Å². The van der Waals surface area contributed by atoms with Gasteiger partial charge in [-0.3, -0.25) is 4.79 Å². The minimum Gasteiger partial charge on any atom is -0.480 e. The fourth-order valence-corrected chi connectivity index (χ4v) is 1.96. The van der Waals surface area contributed by atoms with Crippen LogP contribution < -0.4 is 5.32 Å². The molecule has 82 valence electrons. The van der Waals surface area contributed by atoms with Crippen molar-refractivity contribution in [2.75, 3.05) is 7.05 Å². The van der Waals surface area contributed by atoms with Gasteiger partial charge in [0.25, 0.3) is 0 Å². The van der Waals surface area contributed by atoms with Crippen molar-refractivity contribution < 1.29 is 18.7 Å². The molecule has 0 spiro atoms. The number of rotatable bonds is 3. The van der Waals surface area contributed by atoms with E-state index >= 15 is 0 Å². The van der Waals surface area contributed by atoms with Gasteiger partial charge in [-0.1, -0.05) is 0 Å². The summed E-state index contributed by atoms with van der Waals surface area (Å²) in [5.41, 5.74) is 0. The van der Waals surface area contributed by atoms with Crippen LogP contribution in [0.3, 0.4) is 0 Å². The van der Waals surface area contributed by atoms with Gasteiger partial charge in [-0.2, -0.15) is 0 Å². The van der Waals surface area contributed by atoms with E-state index in [4.69, 9.17) is 5.11 Å². The Hall–Kier alpha value is -0.710. The summed E-state index contributed by atoms with van der Waals surface area (Å²) in [5.74, 6) is -3.72. The van der Waals surface area contributed by atoms with Crippen LogP contribution in [0.5, 0.6) is 0 Å². The van der Waals surface area contributed by atoms with Crippen molar-refractivity contribution in [1.29, 1.82) is 0 Å². The fourth-order valence-electron chi connectivity index (χ4n) is 1.96. The van der Waals surface area contributed by atoms with E-state index in [1.165, 1.54) is 0 Å². The molecule has 0 heterocycles. The second-order valence-electron chi connectivity index (χ2n) is 3.80. The fraction of sp³-hybridized carbons (Fsp3) is 0.889. The number of carboxylic acid groups (broad SMARTS) is 1. The maximum atomic E-state index is 12.8. The Morgan fingerprint density at radius 3 is 2.36 bits per heavy atom. The highest BCUT2D eigenvalue weighted by Crippen LogP contribution is 2.37. The predicted octanol–water partition coefficient (Wildman–Crippen LogP) is 1.48. The van der Waals surface area contributed by atoms with Crippen molar-refractivity contribution >= 4 is 5.97 Å². The zero-order valence-corrected chi connectivity index (χ0v) is 8.09. The number of likely N-dealkylation sites (N-methyl/N-ethyl adjacent to an activating group) is 1. The summed E-state index contributed by atoms with van der Waals surface area (Å²) in [7, 11) is 1.55. The number of alkyl halides is 2. The number of hydrogen-bond donors (Lipinski definition) is 2. The van der Waals surface area contributed by atoms with Crippen molar-refractivity contribution in [1.82, 2.24) is 5.32 Å². The third kappa shape index (κ3) is 2.64. The lowest BCUT2D eigenvalue weighted by Gasteiger charge is -2.31. The van der Waals surface area contributed by atoms with E-state index in [9.17, 15) is 13.6 Å². The Balaban J connectivity index is 2.51. The maximum absolute atomic E-state index is 12.8. The zero-order chi connectivity index (χ0) is 10.8. The number of halogens is 2. The first kappa shape index (κ1) is 11.4. The average Bonchev–Trinajstić information content (AvgIpc) is 2.08. The maximum Gasteiger partial charge on any atom is 0.320 e. The third-order valence-corrected chi connectivity index (χ3v) is 2.81. The van der Waals surface area contributed by atoms with Gasteiger partial charge >= 0.3 is 5.97 Å². The molecule has 0 radical (unpaired) electrons. The second kappa shape index (κ2) is 4.21. The SMILES string of the molecule is CNC(C(=O)O)C1CCC(F)(F)CC1. The predicted molar refractivity (Wildman–Crippen MR) is 47.4 cm³/mol. The third-order valence-electron chi connectivity index (χ3n) is 2.81. The number of carbonyl (C=O) groups is 1. The molecule has 0 saturated heterocycles. The van der Waals surface area contributed by atoms with E-state index in [0.29, 0.717) is 0 Å². The molecular weight excluding hydrogens is 192 g/mol. The van der Waals surface area contributed by atoms with Crippen molar-refractivity contribution in [3.05, 3.63) is 0 Å². The molecule has 1 unspecified atom stereocenters. The highest BCUT2D eigenvalue weighted by molar-refractivity contribution is 5.73. The summed E-state index contributed by atoms with van der Waals surface area (Å²) < 4.78 is 25.6. The Morgan fingerprint density at radius 1 is 1.50 bits per heavy atom. The number of aliphatic carboxylic acids is 1. The van der Waals surface area contributed by atoms with Crippen LogP contribution in [0.25, 0.3) is 0 Å². The van der Waals surface area contributed by atoms with Crippen LogP contribution in [0, 0.1) is 5.92 Å². The van der Waals surface area contributed by atoms with E-state index in [0.717, 1.165) is 0 Å². The molecule has 1 saturated carbocycles. The summed E-state index contributed by atoms with van der Waals surface area (Å²) in [5, 5.41) is 11.5. The van der Waals surface area contributed by atoms with E-state index < -0.39 is 17.9 Å². The lowest BCUT2D eigenvalue weighted by atomic mass is 9.82. The molecule has 3 nitrogen and oxygen atoms in total. The van der Waals surface area contributed by atoms with Crippen LogP contribution in [0.15, 0.2) is 0 Å². The highest BCUT2D eigenvalue weighted by Gasteiger charge is 2.39. The van der Waals surface area contributed by atoms with E-state index in [2.05, 4.69) is 5.32 Å². The van der Waals surface area contributed by atoms with E-state index in [-0.39, 0.29) is 31.6 Å². The summed E-state index contributed by atoms with van der Waals surface area (Å²) in [6.45, 7) is 0. The van der Waals surface area contributed by atoms with Crippen molar-refractivity contribution in [2.45, 2.75) is 37.6 Å². The molecule has 1 aliphatic rings. The lowest BCUT2D eigenvalue weighted by molar-refractivity contribution is -0.142. The number of hydrogen-bond acceptors (Lipinski definition) is 2. The van der Waals surface area contributed by atoms with Crippen molar-refractivity contribution in [2.24, 2.45) is 5.92 Å². The molecular formula is C9H15F2NO2. The summed E-state index contributed by atoms with van der Waals surface area (Å²) in [4.78, 5) is 10.7. The molecule has 0 aromatic carbocycles. The topological polar surface area (TPSA) is 49.3 Å². The van der Waals surface area contributed by atoms with Crippen LogP contribution in [-0.4, -0.2) is 30.1 Å². The van der Waals surface area contributed by atoms with Gasteiger partial charge in [0.15, 0.2) is 0 Å². The quantitative estimate of drug-likeness (QED) is 0.737. The minimum atomic E-state index is -2.59. The number of carboxylic acids is 1. The average molecular weight is 207 g/mol. The molecule has 0 bridgehead atoms. The van der Waals surface area contributed by atoms with Gasteiger partial charge in [-0.05, 0) is 25.8 Å². The molecule has 1 rings (SSSR count).